The molecule has 0 aliphatic heterocycles. The summed E-state index contributed by atoms with van der Waals surface area (Å²) in [6, 6.07) is 17.1. The monoisotopic (exact) mass is 271 g/mol. The Kier molecular flexibility index (Phi) is 1.89. The number of para-hydroxylation sites is 1. The number of pyridine rings is 1. The summed E-state index contributed by atoms with van der Waals surface area (Å²) in [5, 5.41) is 4.99. The van der Waals surface area contributed by atoms with Gasteiger partial charge in [-0.15, -0.1) is 0 Å². The summed E-state index contributed by atoms with van der Waals surface area (Å²) in [7, 11) is 2.12. The predicted octanol–water partition coefficient (Wildman–Crippen LogP) is 4.36. The van der Waals surface area contributed by atoms with Crippen molar-refractivity contribution in [2.45, 2.75) is 0 Å². The lowest BCUT2D eigenvalue weighted by Crippen LogP contribution is -1.85. The van der Waals surface area contributed by atoms with Crippen LogP contribution in [0.1, 0.15) is 0 Å². The fourth-order valence-electron chi connectivity index (χ4n) is 3.45. The first-order valence-electron chi connectivity index (χ1n) is 7.07. The molecule has 0 saturated heterocycles. The molecule has 3 heterocycles. The molecule has 3 aromatic heterocycles. The van der Waals surface area contributed by atoms with Gasteiger partial charge in [0.1, 0.15) is 5.65 Å². The van der Waals surface area contributed by atoms with Crippen molar-refractivity contribution in [1.82, 2.24) is 14.5 Å². The van der Waals surface area contributed by atoms with Crippen LogP contribution in [0.3, 0.4) is 0 Å². The largest absolute Gasteiger partial charge is 0.344 e. The van der Waals surface area contributed by atoms with Gasteiger partial charge < -0.3 is 9.55 Å². The van der Waals surface area contributed by atoms with Gasteiger partial charge in [0.15, 0.2) is 0 Å². The molecule has 0 amide bonds. The minimum absolute atomic E-state index is 0.952. The van der Waals surface area contributed by atoms with Gasteiger partial charge in [-0.25, -0.2) is 4.98 Å². The summed E-state index contributed by atoms with van der Waals surface area (Å²) >= 11 is 0. The summed E-state index contributed by atoms with van der Waals surface area (Å²) in [4.78, 5) is 7.95. The Morgan fingerprint density at radius 3 is 2.67 bits per heavy atom. The van der Waals surface area contributed by atoms with E-state index in [1.807, 2.05) is 12.3 Å². The normalized spacial score (nSPS) is 12.0. The van der Waals surface area contributed by atoms with E-state index in [9.17, 15) is 0 Å². The average molecular weight is 271 g/mol. The van der Waals surface area contributed by atoms with Crippen molar-refractivity contribution >= 4 is 43.7 Å². The first-order valence-corrected chi connectivity index (χ1v) is 7.07. The summed E-state index contributed by atoms with van der Waals surface area (Å²) in [6.07, 6.45) is 1.83. The summed E-state index contributed by atoms with van der Waals surface area (Å²) in [6.45, 7) is 0. The minimum Gasteiger partial charge on any atom is -0.344 e. The van der Waals surface area contributed by atoms with Crippen molar-refractivity contribution in [3.05, 3.63) is 54.7 Å². The van der Waals surface area contributed by atoms with Gasteiger partial charge in [-0.3, -0.25) is 0 Å². The number of aromatic amines is 1. The van der Waals surface area contributed by atoms with Gasteiger partial charge in [-0.05, 0) is 24.3 Å². The second-order valence-corrected chi connectivity index (χ2v) is 5.48. The Morgan fingerprint density at radius 1 is 0.857 bits per heavy atom. The molecular weight excluding hydrogens is 258 g/mol. The smallest absolute Gasteiger partial charge is 0.138 e. The molecule has 2 aromatic carbocycles. The number of nitrogens with zero attached hydrogens (tertiary/aromatic N) is 2. The molecule has 21 heavy (non-hydrogen) atoms. The van der Waals surface area contributed by atoms with E-state index < -0.39 is 0 Å². The molecule has 0 spiro atoms. The van der Waals surface area contributed by atoms with Crippen molar-refractivity contribution < 1.29 is 0 Å². The minimum atomic E-state index is 0.952. The molecule has 100 valence electrons. The number of nitrogens with one attached hydrogen (secondary N) is 1. The highest BCUT2D eigenvalue weighted by Crippen LogP contribution is 2.36. The molecule has 3 heteroatoms. The van der Waals surface area contributed by atoms with Crippen LogP contribution in [0, 0.1) is 0 Å². The molecule has 0 saturated carbocycles. The van der Waals surface area contributed by atoms with Gasteiger partial charge in [-0.1, -0.05) is 24.3 Å². The molecule has 0 bridgehead atoms. The van der Waals surface area contributed by atoms with Crippen molar-refractivity contribution in [1.29, 1.82) is 0 Å². The van der Waals surface area contributed by atoms with Crippen molar-refractivity contribution in [3.8, 4) is 0 Å². The maximum Gasteiger partial charge on any atom is 0.138 e. The molecule has 0 fully saturated rings. The van der Waals surface area contributed by atoms with Crippen molar-refractivity contribution in [2.24, 2.45) is 7.05 Å². The highest BCUT2D eigenvalue weighted by molar-refractivity contribution is 6.24. The van der Waals surface area contributed by atoms with Gasteiger partial charge in [0.2, 0.25) is 0 Å². The number of rotatable bonds is 0. The van der Waals surface area contributed by atoms with Gasteiger partial charge in [0.05, 0.1) is 11.0 Å². The highest BCUT2D eigenvalue weighted by atomic mass is 14.9. The van der Waals surface area contributed by atoms with E-state index in [1.54, 1.807) is 0 Å². The van der Waals surface area contributed by atoms with Crippen LogP contribution >= 0.6 is 0 Å². The lowest BCUT2D eigenvalue weighted by atomic mass is 10.1. The van der Waals surface area contributed by atoms with E-state index in [-0.39, 0.29) is 0 Å². The van der Waals surface area contributed by atoms with Crippen LogP contribution in [0.2, 0.25) is 0 Å². The van der Waals surface area contributed by atoms with Crippen molar-refractivity contribution in [3.63, 3.8) is 0 Å². The summed E-state index contributed by atoms with van der Waals surface area (Å²) in [5.41, 5.74) is 4.63. The number of benzene rings is 2. The number of H-pyrrole nitrogens is 1. The maximum absolute atomic E-state index is 4.45. The first-order chi connectivity index (χ1) is 10.3. The lowest BCUT2D eigenvalue weighted by molar-refractivity contribution is 1.01. The molecule has 0 unspecified atom stereocenters. The molecule has 0 atom stereocenters. The SMILES string of the molecule is Cn1c2ccccc2c2c3[nH]c4ncccc4c3ccc21. The Morgan fingerprint density at radius 2 is 1.71 bits per heavy atom. The molecule has 0 aliphatic rings. The molecule has 5 rings (SSSR count). The number of aryl methyl sites for hydroxylation is 1. The van der Waals surface area contributed by atoms with Gasteiger partial charge in [0, 0.05) is 40.3 Å². The zero-order valence-corrected chi connectivity index (χ0v) is 11.6. The average Bonchev–Trinajstić information content (AvgIpc) is 3.04. The van der Waals surface area contributed by atoms with Crippen molar-refractivity contribution in [2.75, 3.05) is 0 Å². The third-order valence-corrected chi connectivity index (χ3v) is 4.42. The fourth-order valence-corrected chi connectivity index (χ4v) is 3.45. The zero-order valence-electron chi connectivity index (χ0n) is 11.6. The van der Waals surface area contributed by atoms with Crippen LogP contribution in [0.5, 0.6) is 0 Å². The lowest BCUT2D eigenvalue weighted by Gasteiger charge is -1.97. The van der Waals surface area contributed by atoms with Gasteiger partial charge >= 0.3 is 0 Å². The van der Waals surface area contributed by atoms with Crippen LogP contribution in [0.4, 0.5) is 0 Å². The van der Waals surface area contributed by atoms with Gasteiger partial charge in [0.25, 0.3) is 0 Å². The molecule has 3 nitrogen and oxygen atoms in total. The van der Waals surface area contributed by atoms with Gasteiger partial charge in [-0.2, -0.15) is 0 Å². The molecular formula is C18H13N3. The number of aromatic nitrogens is 3. The Hall–Kier alpha value is -2.81. The molecule has 0 aliphatic carbocycles. The molecule has 1 N–H and O–H groups in total. The molecule has 0 radical (unpaired) electrons. The second kappa shape index (κ2) is 3.64. The fraction of sp³-hybridized carbons (Fsp3) is 0.0556. The summed E-state index contributed by atoms with van der Waals surface area (Å²) < 4.78 is 2.25. The molecule has 5 aromatic rings. The Bertz CT molecular complexity index is 1140. The first kappa shape index (κ1) is 10.9. The zero-order chi connectivity index (χ0) is 14.0. The number of hydrogen-bond donors (Lipinski definition) is 1. The Labute approximate surface area is 120 Å². The third-order valence-electron chi connectivity index (χ3n) is 4.42. The van der Waals surface area contributed by atoms with Crippen LogP contribution in [-0.4, -0.2) is 14.5 Å². The maximum atomic E-state index is 4.45. The van der Waals surface area contributed by atoms with E-state index in [0.29, 0.717) is 0 Å². The number of fused-ring (bicyclic) bond motifs is 7. The topological polar surface area (TPSA) is 33.6 Å². The predicted molar refractivity (Wildman–Crippen MR) is 87.6 cm³/mol. The third kappa shape index (κ3) is 1.26. The summed E-state index contributed by atoms with van der Waals surface area (Å²) in [5.74, 6) is 0. The van der Waals surface area contributed by atoms with E-state index in [4.69, 9.17) is 0 Å². The quantitative estimate of drug-likeness (QED) is 0.446. The Balaban J connectivity index is 2.16. The van der Waals surface area contributed by atoms with Crippen LogP contribution in [0.15, 0.2) is 54.7 Å². The standard InChI is InChI=1S/C18H13N3/c1-21-14-7-3-2-5-13(14)16-15(21)9-8-11-12-6-4-10-19-18(12)20-17(11)16/h2-10H,1H3,(H,19,20). The van der Waals surface area contributed by atoms with Crippen LogP contribution in [0.25, 0.3) is 43.7 Å². The van der Waals surface area contributed by atoms with E-state index in [2.05, 4.69) is 64.0 Å². The second-order valence-electron chi connectivity index (χ2n) is 5.48. The highest BCUT2D eigenvalue weighted by Gasteiger charge is 2.14. The van der Waals surface area contributed by atoms with E-state index in [0.717, 1.165) is 5.65 Å². The van der Waals surface area contributed by atoms with Crippen LogP contribution < -0.4 is 0 Å². The van der Waals surface area contributed by atoms with E-state index in [1.165, 1.54) is 38.1 Å². The number of hydrogen-bond acceptors (Lipinski definition) is 1. The van der Waals surface area contributed by atoms with Crippen LogP contribution in [-0.2, 0) is 7.05 Å². The van der Waals surface area contributed by atoms with E-state index >= 15 is 0 Å².